The summed E-state index contributed by atoms with van der Waals surface area (Å²) in [5.74, 6) is 1.21. The highest BCUT2D eigenvalue weighted by Gasteiger charge is 2.35. The van der Waals surface area contributed by atoms with Gasteiger partial charge in [0.25, 0.3) is 0 Å². The molecule has 2 heterocycles. The van der Waals surface area contributed by atoms with E-state index in [9.17, 15) is 5.11 Å². The van der Waals surface area contributed by atoms with Crippen LogP contribution in [0.15, 0.2) is 48.5 Å². The van der Waals surface area contributed by atoms with E-state index in [1.807, 2.05) is 12.1 Å². The van der Waals surface area contributed by atoms with Gasteiger partial charge in [-0.1, -0.05) is 24.3 Å². The summed E-state index contributed by atoms with van der Waals surface area (Å²) in [5, 5.41) is 9.90. The minimum atomic E-state index is 0. The summed E-state index contributed by atoms with van der Waals surface area (Å²) >= 11 is 0. The van der Waals surface area contributed by atoms with Crippen molar-refractivity contribution in [3.05, 3.63) is 59.7 Å². The van der Waals surface area contributed by atoms with Crippen molar-refractivity contribution in [1.82, 2.24) is 9.80 Å². The van der Waals surface area contributed by atoms with Gasteiger partial charge in [-0.2, -0.15) is 0 Å². The van der Waals surface area contributed by atoms with E-state index in [0.717, 1.165) is 38.5 Å². The first-order valence-electron chi connectivity index (χ1n) is 11.3. The quantitative estimate of drug-likeness (QED) is 0.734. The summed E-state index contributed by atoms with van der Waals surface area (Å²) in [6.07, 6.45) is 4.98. The van der Waals surface area contributed by atoms with Gasteiger partial charge in [-0.05, 0) is 73.5 Å². The van der Waals surface area contributed by atoms with Gasteiger partial charge in [0.05, 0.1) is 0 Å². The molecule has 170 valence electrons. The lowest BCUT2D eigenvalue weighted by Crippen LogP contribution is -2.53. The Morgan fingerprint density at radius 3 is 2.35 bits per heavy atom. The molecule has 1 N–H and O–H groups in total. The third-order valence-electron chi connectivity index (χ3n) is 7.33. The molecule has 2 aromatic rings. The number of likely N-dealkylation sites (tertiary alicyclic amines) is 1. The second-order valence-electron chi connectivity index (χ2n) is 9.03. The lowest BCUT2D eigenvalue weighted by atomic mass is 9.75. The van der Waals surface area contributed by atoms with E-state index in [4.69, 9.17) is 0 Å². The number of piperidine rings is 1. The number of phenolic OH excluding ortho intramolecular Hbond substituents is 1. The van der Waals surface area contributed by atoms with E-state index in [-0.39, 0.29) is 24.8 Å². The Morgan fingerprint density at radius 1 is 0.806 bits per heavy atom. The summed E-state index contributed by atoms with van der Waals surface area (Å²) in [7, 11) is 0. The molecule has 2 atom stereocenters. The predicted molar refractivity (Wildman–Crippen MR) is 133 cm³/mol. The molecular formula is C25H35Cl2N3O. The summed E-state index contributed by atoms with van der Waals surface area (Å²) in [5.41, 5.74) is 4.19. The molecule has 6 heteroatoms. The number of anilines is 1. The lowest BCUT2D eigenvalue weighted by Gasteiger charge is -2.45. The fraction of sp³-hybridized carbons (Fsp3) is 0.520. The van der Waals surface area contributed by atoms with Crippen molar-refractivity contribution in [3.63, 3.8) is 0 Å². The number of phenols is 1. The first-order valence-corrected chi connectivity index (χ1v) is 11.3. The molecule has 0 aromatic heterocycles. The zero-order valence-electron chi connectivity index (χ0n) is 18.2. The Kier molecular flexibility index (Phi) is 8.51. The normalized spacial score (nSPS) is 23.8. The minimum Gasteiger partial charge on any atom is -0.508 e. The minimum absolute atomic E-state index is 0. The highest BCUT2D eigenvalue weighted by molar-refractivity contribution is 5.85. The number of benzene rings is 2. The number of rotatable bonds is 4. The standard InChI is InChI=1S/C25H33N3O.2ClH/c29-24-9-8-20-17-21-5-4-10-28(25(21)19-22(20)18-24)16-13-26-11-14-27(15-12-26)23-6-2-1-3-7-23;;/h1-3,6-9,18,21,25,29H,4-5,10-17,19H2;2*1H/t21-,25-;;/m0../s1. The van der Waals surface area contributed by atoms with Crippen LogP contribution in [-0.2, 0) is 12.8 Å². The number of halogens is 2. The van der Waals surface area contributed by atoms with Gasteiger partial charge in [-0.25, -0.2) is 0 Å². The topological polar surface area (TPSA) is 30.0 Å². The van der Waals surface area contributed by atoms with Crippen LogP contribution in [0.1, 0.15) is 24.0 Å². The molecular weight excluding hydrogens is 429 g/mol. The molecule has 2 fully saturated rings. The van der Waals surface area contributed by atoms with Crippen molar-refractivity contribution < 1.29 is 5.11 Å². The molecule has 2 aromatic carbocycles. The number of hydrogen-bond acceptors (Lipinski definition) is 4. The van der Waals surface area contributed by atoms with Gasteiger partial charge in [0.15, 0.2) is 0 Å². The number of para-hydroxylation sites is 1. The smallest absolute Gasteiger partial charge is 0.115 e. The zero-order valence-corrected chi connectivity index (χ0v) is 19.8. The SMILES string of the molecule is Cl.Cl.Oc1ccc2c(c1)C[C@H]1[C@@H](CCCN1CCN1CCN(c3ccccc3)CC1)C2. The highest BCUT2D eigenvalue weighted by Crippen LogP contribution is 2.36. The molecule has 2 saturated heterocycles. The number of nitrogens with zero attached hydrogens (tertiary/aromatic N) is 3. The van der Waals surface area contributed by atoms with E-state index in [0.29, 0.717) is 11.8 Å². The molecule has 4 nitrogen and oxygen atoms in total. The average molecular weight is 464 g/mol. The maximum Gasteiger partial charge on any atom is 0.115 e. The predicted octanol–water partition coefficient (Wildman–Crippen LogP) is 4.24. The zero-order chi connectivity index (χ0) is 19.6. The molecule has 0 saturated carbocycles. The van der Waals surface area contributed by atoms with Crippen molar-refractivity contribution in [2.24, 2.45) is 5.92 Å². The van der Waals surface area contributed by atoms with Crippen molar-refractivity contribution in [2.75, 3.05) is 50.7 Å². The molecule has 0 unspecified atom stereocenters. The van der Waals surface area contributed by atoms with Crippen LogP contribution >= 0.6 is 24.8 Å². The van der Waals surface area contributed by atoms with Crippen molar-refractivity contribution in [1.29, 1.82) is 0 Å². The van der Waals surface area contributed by atoms with Crippen LogP contribution < -0.4 is 4.90 Å². The molecule has 5 rings (SSSR count). The number of fused-ring (bicyclic) bond motifs is 2. The third-order valence-corrected chi connectivity index (χ3v) is 7.33. The van der Waals surface area contributed by atoms with Gasteiger partial charge >= 0.3 is 0 Å². The van der Waals surface area contributed by atoms with Crippen LogP contribution in [0.5, 0.6) is 5.75 Å². The molecule has 0 radical (unpaired) electrons. The second kappa shape index (κ2) is 10.9. The fourth-order valence-corrected chi connectivity index (χ4v) is 5.67. The molecule has 1 aliphatic carbocycles. The van der Waals surface area contributed by atoms with Gasteiger partial charge < -0.3 is 10.0 Å². The molecule has 3 aliphatic rings. The summed E-state index contributed by atoms with van der Waals surface area (Å²) in [6, 6.07) is 17.5. The van der Waals surface area contributed by atoms with Gasteiger partial charge in [-0.15, -0.1) is 24.8 Å². The van der Waals surface area contributed by atoms with Crippen LogP contribution in [0.25, 0.3) is 0 Å². The van der Waals surface area contributed by atoms with Crippen molar-refractivity contribution in [2.45, 2.75) is 31.7 Å². The van der Waals surface area contributed by atoms with E-state index in [1.54, 1.807) is 0 Å². The van der Waals surface area contributed by atoms with Gasteiger partial charge in [0, 0.05) is 51.0 Å². The largest absolute Gasteiger partial charge is 0.508 e. The van der Waals surface area contributed by atoms with Gasteiger partial charge in [0.1, 0.15) is 5.75 Å². The van der Waals surface area contributed by atoms with Crippen LogP contribution in [-0.4, -0.2) is 66.8 Å². The van der Waals surface area contributed by atoms with Crippen LogP contribution in [0.3, 0.4) is 0 Å². The maximum absolute atomic E-state index is 9.90. The average Bonchev–Trinajstić information content (AvgIpc) is 2.77. The maximum atomic E-state index is 9.90. The Balaban J connectivity index is 0.00000136. The summed E-state index contributed by atoms with van der Waals surface area (Å²) in [6.45, 7) is 8.17. The second-order valence-corrected chi connectivity index (χ2v) is 9.03. The fourth-order valence-electron chi connectivity index (χ4n) is 5.67. The monoisotopic (exact) mass is 463 g/mol. The first kappa shape index (κ1) is 24.2. The van der Waals surface area contributed by atoms with E-state index >= 15 is 0 Å². The number of aromatic hydroxyl groups is 1. The Morgan fingerprint density at radius 2 is 1.58 bits per heavy atom. The van der Waals surface area contributed by atoms with Crippen LogP contribution in [0, 0.1) is 5.92 Å². The molecule has 0 spiro atoms. The number of piperazine rings is 1. The Labute approximate surface area is 199 Å². The third kappa shape index (κ3) is 5.48. The molecule has 0 bridgehead atoms. The van der Waals surface area contributed by atoms with Gasteiger partial charge in [0.2, 0.25) is 0 Å². The van der Waals surface area contributed by atoms with E-state index < -0.39 is 0 Å². The van der Waals surface area contributed by atoms with Gasteiger partial charge in [-0.3, -0.25) is 9.80 Å². The number of hydrogen-bond donors (Lipinski definition) is 1. The van der Waals surface area contributed by atoms with E-state index in [1.165, 1.54) is 55.7 Å². The Hall–Kier alpha value is -1.46. The lowest BCUT2D eigenvalue weighted by molar-refractivity contribution is 0.0726. The van der Waals surface area contributed by atoms with Crippen molar-refractivity contribution >= 4 is 30.5 Å². The highest BCUT2D eigenvalue weighted by atomic mass is 35.5. The molecule has 0 amide bonds. The molecule has 31 heavy (non-hydrogen) atoms. The summed E-state index contributed by atoms with van der Waals surface area (Å²) < 4.78 is 0. The Bertz CT molecular complexity index is 827. The summed E-state index contributed by atoms with van der Waals surface area (Å²) in [4.78, 5) is 7.91. The van der Waals surface area contributed by atoms with Crippen molar-refractivity contribution in [3.8, 4) is 5.75 Å². The first-order chi connectivity index (χ1) is 14.3. The van der Waals surface area contributed by atoms with E-state index in [2.05, 4.69) is 51.1 Å². The van der Waals surface area contributed by atoms with Crippen LogP contribution in [0.4, 0.5) is 5.69 Å². The molecule has 2 aliphatic heterocycles. The van der Waals surface area contributed by atoms with Crippen LogP contribution in [0.2, 0.25) is 0 Å².